The van der Waals surface area contributed by atoms with Gasteiger partial charge in [-0.1, -0.05) is 39.5 Å². The summed E-state index contributed by atoms with van der Waals surface area (Å²) < 4.78 is 16.3. The lowest BCUT2D eigenvalue weighted by atomic mass is 9.95. The molecule has 0 atom stereocenters. The lowest BCUT2D eigenvalue weighted by Crippen LogP contribution is -2.39. The van der Waals surface area contributed by atoms with Gasteiger partial charge in [-0.3, -0.25) is 9.36 Å². The Morgan fingerprint density at radius 2 is 1.59 bits per heavy atom. The number of rotatable bonds is 8. The molecule has 6 heteroatoms. The molecule has 0 bridgehead atoms. The maximum atomic E-state index is 11.8. The fourth-order valence-electron chi connectivity index (χ4n) is 1.87. The van der Waals surface area contributed by atoms with E-state index in [4.69, 9.17) is 0 Å². The van der Waals surface area contributed by atoms with Gasteiger partial charge in [0, 0.05) is 0 Å². The predicted octanol–water partition coefficient (Wildman–Crippen LogP) is 2.46. The topological polar surface area (TPSA) is 83.8 Å². The van der Waals surface area contributed by atoms with Crippen LogP contribution in [0.4, 0.5) is 0 Å². The molecule has 0 spiro atoms. The SMILES string of the molecule is CCCCC(CCCC)(C(=O)OC)P(=O)(O)O. The van der Waals surface area contributed by atoms with Crippen LogP contribution in [-0.2, 0) is 14.1 Å². The van der Waals surface area contributed by atoms with Crippen LogP contribution in [0, 0.1) is 0 Å². The van der Waals surface area contributed by atoms with Crippen molar-refractivity contribution in [3.8, 4) is 0 Å². The first kappa shape index (κ1) is 16.6. The van der Waals surface area contributed by atoms with Gasteiger partial charge in [0.2, 0.25) is 0 Å². The quantitative estimate of drug-likeness (QED) is 0.520. The molecule has 0 aliphatic rings. The van der Waals surface area contributed by atoms with Crippen molar-refractivity contribution in [3.63, 3.8) is 0 Å². The van der Waals surface area contributed by atoms with Crippen LogP contribution in [0.25, 0.3) is 0 Å². The Bertz CT molecular complexity index is 276. The summed E-state index contributed by atoms with van der Waals surface area (Å²) in [7, 11) is -3.34. The second-order valence-corrected chi connectivity index (χ2v) is 6.22. The van der Waals surface area contributed by atoms with Crippen molar-refractivity contribution in [2.24, 2.45) is 0 Å². The molecule has 0 saturated heterocycles. The molecule has 102 valence electrons. The van der Waals surface area contributed by atoms with Crippen LogP contribution in [-0.4, -0.2) is 28.0 Å². The van der Waals surface area contributed by atoms with Gasteiger partial charge >= 0.3 is 13.6 Å². The van der Waals surface area contributed by atoms with E-state index in [2.05, 4.69) is 4.74 Å². The number of hydrogen-bond acceptors (Lipinski definition) is 3. The van der Waals surface area contributed by atoms with Gasteiger partial charge in [0.15, 0.2) is 5.16 Å². The number of methoxy groups -OCH3 is 1. The first-order chi connectivity index (χ1) is 7.85. The Kier molecular flexibility index (Phi) is 6.98. The second kappa shape index (κ2) is 7.14. The number of unbranched alkanes of at least 4 members (excludes halogenated alkanes) is 2. The number of carbonyl (C=O) groups is 1. The Morgan fingerprint density at radius 3 is 1.82 bits per heavy atom. The van der Waals surface area contributed by atoms with Crippen LogP contribution >= 0.6 is 7.60 Å². The zero-order valence-corrected chi connectivity index (χ0v) is 11.7. The first-order valence-electron chi connectivity index (χ1n) is 5.99. The van der Waals surface area contributed by atoms with Crippen LogP contribution in [0.1, 0.15) is 52.4 Å². The van der Waals surface area contributed by atoms with Crippen LogP contribution in [0.15, 0.2) is 0 Å². The van der Waals surface area contributed by atoms with E-state index in [0.717, 1.165) is 12.8 Å². The van der Waals surface area contributed by atoms with Gasteiger partial charge in [-0.25, -0.2) is 0 Å². The van der Waals surface area contributed by atoms with E-state index in [9.17, 15) is 19.1 Å². The fourth-order valence-corrected chi connectivity index (χ4v) is 3.10. The third kappa shape index (κ3) is 4.09. The maximum absolute atomic E-state index is 11.8. The van der Waals surface area contributed by atoms with Crippen molar-refractivity contribution in [2.45, 2.75) is 57.5 Å². The predicted molar refractivity (Wildman–Crippen MR) is 65.8 cm³/mol. The second-order valence-electron chi connectivity index (χ2n) is 4.27. The molecule has 5 nitrogen and oxygen atoms in total. The summed E-state index contributed by atoms with van der Waals surface area (Å²) >= 11 is 0. The molecule has 0 saturated carbocycles. The summed E-state index contributed by atoms with van der Waals surface area (Å²) in [4.78, 5) is 30.8. The van der Waals surface area contributed by atoms with Gasteiger partial charge in [0.25, 0.3) is 0 Å². The molecule has 0 aromatic rings. The molecule has 0 rings (SSSR count). The van der Waals surface area contributed by atoms with Crippen LogP contribution < -0.4 is 0 Å². The molecular formula is C11H23O5P. The Morgan fingerprint density at radius 1 is 1.18 bits per heavy atom. The lowest BCUT2D eigenvalue weighted by Gasteiger charge is -2.31. The summed E-state index contributed by atoms with van der Waals surface area (Å²) in [6.45, 7) is 3.84. The fraction of sp³-hybridized carbons (Fsp3) is 0.909. The van der Waals surface area contributed by atoms with Crippen molar-refractivity contribution in [3.05, 3.63) is 0 Å². The van der Waals surface area contributed by atoms with E-state index in [1.165, 1.54) is 7.11 Å². The van der Waals surface area contributed by atoms with Gasteiger partial charge in [-0.2, -0.15) is 0 Å². The first-order valence-corrected chi connectivity index (χ1v) is 7.61. The number of esters is 1. The molecule has 17 heavy (non-hydrogen) atoms. The highest BCUT2D eigenvalue weighted by Gasteiger charge is 2.53. The van der Waals surface area contributed by atoms with E-state index < -0.39 is 18.7 Å². The minimum atomic E-state index is -4.51. The van der Waals surface area contributed by atoms with Crippen molar-refractivity contribution in [2.75, 3.05) is 7.11 Å². The van der Waals surface area contributed by atoms with E-state index in [0.29, 0.717) is 12.8 Å². The van der Waals surface area contributed by atoms with Crippen LogP contribution in [0.2, 0.25) is 0 Å². The molecular weight excluding hydrogens is 243 g/mol. The Labute approximate surface area is 103 Å². The monoisotopic (exact) mass is 266 g/mol. The van der Waals surface area contributed by atoms with Gasteiger partial charge in [0.05, 0.1) is 7.11 Å². The van der Waals surface area contributed by atoms with E-state index >= 15 is 0 Å². The van der Waals surface area contributed by atoms with Gasteiger partial charge in [-0.15, -0.1) is 0 Å². The van der Waals surface area contributed by atoms with Crippen molar-refractivity contribution in [1.82, 2.24) is 0 Å². The Balaban J connectivity index is 5.21. The molecule has 0 amide bonds. The third-order valence-electron chi connectivity index (χ3n) is 3.01. The summed E-state index contributed by atoms with van der Waals surface area (Å²) in [5, 5.41) is -1.65. The standard InChI is InChI=1S/C11H23O5P/c1-4-6-8-11(9-7-5-2,10(12)16-3)17(13,14)15/h4-9H2,1-3H3,(H2,13,14,15). The normalized spacial score (nSPS) is 12.5. The minimum Gasteiger partial charge on any atom is -0.468 e. The Hall–Kier alpha value is -0.380. The van der Waals surface area contributed by atoms with E-state index in [-0.39, 0.29) is 12.8 Å². The van der Waals surface area contributed by atoms with E-state index in [1.54, 1.807) is 0 Å². The summed E-state index contributed by atoms with van der Waals surface area (Å²) in [5.74, 6) is -0.785. The molecule has 2 N–H and O–H groups in total. The van der Waals surface area contributed by atoms with Crippen molar-refractivity contribution in [1.29, 1.82) is 0 Å². The average Bonchev–Trinajstić information content (AvgIpc) is 2.27. The molecule has 0 aromatic carbocycles. The highest BCUT2D eigenvalue weighted by Crippen LogP contribution is 2.56. The van der Waals surface area contributed by atoms with Crippen LogP contribution in [0.5, 0.6) is 0 Å². The van der Waals surface area contributed by atoms with Gasteiger partial charge < -0.3 is 14.5 Å². The van der Waals surface area contributed by atoms with Crippen molar-refractivity contribution >= 4 is 13.6 Å². The zero-order chi connectivity index (χ0) is 13.5. The maximum Gasteiger partial charge on any atom is 0.342 e. The molecule has 0 heterocycles. The number of ether oxygens (including phenoxy) is 1. The van der Waals surface area contributed by atoms with Gasteiger partial charge in [-0.05, 0) is 12.8 Å². The highest BCUT2D eigenvalue weighted by atomic mass is 31.2. The molecule has 0 fully saturated rings. The smallest absolute Gasteiger partial charge is 0.342 e. The van der Waals surface area contributed by atoms with Crippen molar-refractivity contribution < 1.29 is 23.9 Å². The summed E-state index contributed by atoms with van der Waals surface area (Å²) in [6.07, 6.45) is 3.13. The molecule has 0 aromatic heterocycles. The van der Waals surface area contributed by atoms with Crippen LogP contribution in [0.3, 0.4) is 0 Å². The minimum absolute atomic E-state index is 0.181. The lowest BCUT2D eigenvalue weighted by molar-refractivity contribution is -0.145. The largest absolute Gasteiger partial charge is 0.468 e. The molecule has 0 aliphatic heterocycles. The summed E-state index contributed by atoms with van der Waals surface area (Å²) in [6, 6.07) is 0. The van der Waals surface area contributed by atoms with Gasteiger partial charge in [0.1, 0.15) is 0 Å². The third-order valence-corrected chi connectivity index (χ3v) is 4.76. The summed E-state index contributed by atoms with van der Waals surface area (Å²) in [5.41, 5.74) is 0. The molecule has 0 radical (unpaired) electrons. The van der Waals surface area contributed by atoms with E-state index in [1.807, 2.05) is 13.8 Å². The average molecular weight is 266 g/mol. The highest BCUT2D eigenvalue weighted by molar-refractivity contribution is 7.54. The number of carbonyl (C=O) groups excluding carboxylic acids is 1. The number of hydrogen-bond donors (Lipinski definition) is 2. The molecule has 0 aliphatic carbocycles. The zero-order valence-electron chi connectivity index (χ0n) is 10.8. The molecule has 0 unspecified atom stereocenters.